The van der Waals surface area contributed by atoms with Crippen LogP contribution in [0.15, 0.2) is 18.3 Å². The molecule has 23 heavy (non-hydrogen) atoms. The van der Waals surface area contributed by atoms with Crippen molar-refractivity contribution in [2.75, 3.05) is 37.7 Å². The first-order chi connectivity index (χ1) is 11.3. The Morgan fingerprint density at radius 1 is 1.22 bits per heavy atom. The number of rotatable bonds is 5. The Kier molecular flexibility index (Phi) is 5.69. The number of ether oxygens (including phenoxy) is 1. The minimum Gasteiger partial charge on any atom is -0.378 e. The lowest BCUT2D eigenvalue weighted by Gasteiger charge is -2.27. The van der Waals surface area contributed by atoms with Crippen molar-refractivity contribution in [1.82, 2.24) is 15.6 Å². The number of aromatic nitrogens is 1. The number of pyridine rings is 1. The second-order valence-corrected chi connectivity index (χ2v) is 6.34. The molecule has 1 aromatic rings. The number of anilines is 1. The third-order valence-electron chi connectivity index (χ3n) is 4.62. The molecule has 0 spiro atoms. The van der Waals surface area contributed by atoms with E-state index in [0.717, 1.165) is 44.2 Å². The van der Waals surface area contributed by atoms with Crippen molar-refractivity contribution in [3.05, 3.63) is 23.9 Å². The van der Waals surface area contributed by atoms with Gasteiger partial charge in [0.15, 0.2) is 0 Å². The monoisotopic (exact) mass is 318 g/mol. The second kappa shape index (κ2) is 8.15. The number of carbonyl (C=O) groups is 1. The van der Waals surface area contributed by atoms with E-state index < -0.39 is 0 Å². The van der Waals surface area contributed by atoms with Crippen LogP contribution >= 0.6 is 0 Å². The number of nitrogens with zero attached hydrogens (tertiary/aromatic N) is 2. The van der Waals surface area contributed by atoms with Gasteiger partial charge in [-0.05, 0) is 30.4 Å². The molecule has 3 rings (SSSR count). The summed E-state index contributed by atoms with van der Waals surface area (Å²) in [6.07, 6.45) is 6.92. The maximum atomic E-state index is 11.8. The first-order valence-corrected chi connectivity index (χ1v) is 8.60. The Bertz CT molecular complexity index is 494. The van der Waals surface area contributed by atoms with Gasteiger partial charge in [0.1, 0.15) is 5.82 Å². The zero-order chi connectivity index (χ0) is 15.9. The smallest absolute Gasteiger partial charge is 0.315 e. The molecule has 1 saturated carbocycles. The Morgan fingerprint density at radius 3 is 2.70 bits per heavy atom. The summed E-state index contributed by atoms with van der Waals surface area (Å²) in [7, 11) is 0. The molecule has 2 fully saturated rings. The van der Waals surface area contributed by atoms with Gasteiger partial charge in [0.2, 0.25) is 0 Å². The number of nitrogens with one attached hydrogen (secondary N) is 2. The number of amides is 2. The van der Waals surface area contributed by atoms with E-state index >= 15 is 0 Å². The van der Waals surface area contributed by atoms with Crippen LogP contribution in [-0.2, 0) is 11.3 Å². The predicted molar refractivity (Wildman–Crippen MR) is 89.5 cm³/mol. The zero-order valence-electron chi connectivity index (χ0n) is 13.6. The third-order valence-corrected chi connectivity index (χ3v) is 4.62. The highest BCUT2D eigenvalue weighted by Crippen LogP contribution is 2.23. The van der Waals surface area contributed by atoms with Crippen LogP contribution < -0.4 is 15.5 Å². The molecule has 0 unspecified atom stereocenters. The third kappa shape index (κ3) is 4.82. The number of hydrogen-bond acceptors (Lipinski definition) is 4. The highest BCUT2D eigenvalue weighted by Gasteiger charge is 2.15. The lowest BCUT2D eigenvalue weighted by molar-refractivity contribution is 0.122. The summed E-state index contributed by atoms with van der Waals surface area (Å²) in [5, 5.41) is 5.86. The fourth-order valence-electron chi connectivity index (χ4n) is 3.20. The number of urea groups is 1. The van der Waals surface area contributed by atoms with Gasteiger partial charge >= 0.3 is 6.03 Å². The molecule has 1 aliphatic heterocycles. The van der Waals surface area contributed by atoms with Gasteiger partial charge in [-0.1, -0.05) is 18.9 Å². The lowest BCUT2D eigenvalue weighted by Crippen LogP contribution is -2.37. The fraction of sp³-hybridized carbons (Fsp3) is 0.647. The molecule has 2 N–H and O–H groups in total. The van der Waals surface area contributed by atoms with Gasteiger partial charge in [0, 0.05) is 32.4 Å². The van der Waals surface area contributed by atoms with Crippen molar-refractivity contribution in [3.8, 4) is 0 Å². The van der Waals surface area contributed by atoms with Gasteiger partial charge < -0.3 is 20.3 Å². The van der Waals surface area contributed by atoms with E-state index in [1.807, 2.05) is 18.3 Å². The van der Waals surface area contributed by atoms with Crippen LogP contribution in [0.2, 0.25) is 0 Å². The highest BCUT2D eigenvalue weighted by atomic mass is 16.5. The summed E-state index contributed by atoms with van der Waals surface area (Å²) in [4.78, 5) is 18.5. The first kappa shape index (κ1) is 16.1. The molecule has 2 amide bonds. The summed E-state index contributed by atoms with van der Waals surface area (Å²) in [5.74, 6) is 1.64. The summed E-state index contributed by atoms with van der Waals surface area (Å²) in [6.45, 7) is 4.58. The Morgan fingerprint density at radius 2 is 2.00 bits per heavy atom. The Labute approximate surface area is 137 Å². The van der Waals surface area contributed by atoms with Gasteiger partial charge in [-0.25, -0.2) is 9.78 Å². The average molecular weight is 318 g/mol. The average Bonchev–Trinajstić information content (AvgIpc) is 3.13. The molecule has 0 radical (unpaired) electrons. The number of morpholine rings is 1. The summed E-state index contributed by atoms with van der Waals surface area (Å²) >= 11 is 0. The van der Waals surface area contributed by atoms with Gasteiger partial charge in [-0.3, -0.25) is 0 Å². The van der Waals surface area contributed by atoms with Crippen molar-refractivity contribution >= 4 is 11.8 Å². The van der Waals surface area contributed by atoms with Crippen LogP contribution in [0.4, 0.5) is 10.6 Å². The first-order valence-electron chi connectivity index (χ1n) is 8.60. The van der Waals surface area contributed by atoms with E-state index in [2.05, 4.69) is 20.5 Å². The molecule has 6 heteroatoms. The molecular formula is C17H26N4O2. The van der Waals surface area contributed by atoms with Crippen molar-refractivity contribution in [3.63, 3.8) is 0 Å². The molecule has 0 atom stereocenters. The molecule has 2 heterocycles. The normalized spacial score (nSPS) is 18.9. The topological polar surface area (TPSA) is 66.5 Å². The maximum absolute atomic E-state index is 11.8. The van der Waals surface area contributed by atoms with Crippen molar-refractivity contribution < 1.29 is 9.53 Å². The molecular weight excluding hydrogens is 292 g/mol. The predicted octanol–water partition coefficient (Wildman–Crippen LogP) is 1.91. The molecule has 2 aliphatic rings. The quantitative estimate of drug-likeness (QED) is 0.870. The van der Waals surface area contributed by atoms with Crippen molar-refractivity contribution in [2.24, 2.45) is 5.92 Å². The van der Waals surface area contributed by atoms with E-state index in [1.54, 1.807) is 0 Å². The SMILES string of the molecule is O=C(NCc1ccc(N2CCOCC2)nc1)NCC1CCCC1. The van der Waals surface area contributed by atoms with Crippen molar-refractivity contribution in [1.29, 1.82) is 0 Å². The van der Waals surface area contributed by atoms with Crippen LogP contribution in [0, 0.1) is 5.92 Å². The van der Waals surface area contributed by atoms with Gasteiger partial charge in [0.25, 0.3) is 0 Å². The molecule has 126 valence electrons. The van der Waals surface area contributed by atoms with E-state index in [0.29, 0.717) is 12.5 Å². The lowest BCUT2D eigenvalue weighted by atomic mass is 10.1. The molecule has 6 nitrogen and oxygen atoms in total. The molecule has 1 aromatic heterocycles. The largest absolute Gasteiger partial charge is 0.378 e. The van der Waals surface area contributed by atoms with Crippen LogP contribution in [0.1, 0.15) is 31.2 Å². The molecule has 1 aliphatic carbocycles. The van der Waals surface area contributed by atoms with Gasteiger partial charge in [-0.15, -0.1) is 0 Å². The van der Waals surface area contributed by atoms with E-state index in [1.165, 1.54) is 25.7 Å². The maximum Gasteiger partial charge on any atom is 0.315 e. The second-order valence-electron chi connectivity index (χ2n) is 6.34. The Hall–Kier alpha value is -1.82. The van der Waals surface area contributed by atoms with Crippen LogP contribution in [0.3, 0.4) is 0 Å². The fourth-order valence-corrected chi connectivity index (χ4v) is 3.20. The van der Waals surface area contributed by atoms with E-state index in [-0.39, 0.29) is 6.03 Å². The Balaban J connectivity index is 1.40. The van der Waals surface area contributed by atoms with Crippen molar-refractivity contribution in [2.45, 2.75) is 32.2 Å². The zero-order valence-corrected chi connectivity index (χ0v) is 13.6. The molecule has 0 bridgehead atoms. The van der Waals surface area contributed by atoms with E-state index in [9.17, 15) is 4.79 Å². The standard InChI is InChI=1S/C17H26N4O2/c22-17(19-11-14-3-1-2-4-14)20-13-15-5-6-16(18-12-15)21-7-9-23-10-8-21/h5-6,12,14H,1-4,7-11,13H2,(H2,19,20,22). The summed E-state index contributed by atoms with van der Waals surface area (Å²) in [6, 6.07) is 3.95. The summed E-state index contributed by atoms with van der Waals surface area (Å²) < 4.78 is 5.35. The molecule has 0 aromatic carbocycles. The highest BCUT2D eigenvalue weighted by molar-refractivity contribution is 5.73. The van der Waals surface area contributed by atoms with Gasteiger partial charge in [0.05, 0.1) is 13.2 Å². The minimum absolute atomic E-state index is 0.0887. The number of carbonyl (C=O) groups excluding carboxylic acids is 1. The van der Waals surface area contributed by atoms with E-state index in [4.69, 9.17) is 4.74 Å². The van der Waals surface area contributed by atoms with Crippen LogP contribution in [-0.4, -0.2) is 43.9 Å². The number of hydrogen-bond donors (Lipinski definition) is 2. The van der Waals surface area contributed by atoms with Crippen LogP contribution in [0.5, 0.6) is 0 Å². The van der Waals surface area contributed by atoms with Gasteiger partial charge in [-0.2, -0.15) is 0 Å². The summed E-state index contributed by atoms with van der Waals surface area (Å²) in [5.41, 5.74) is 1.01. The van der Waals surface area contributed by atoms with Crippen LogP contribution in [0.25, 0.3) is 0 Å². The molecule has 1 saturated heterocycles. The minimum atomic E-state index is -0.0887.